The maximum Gasteiger partial charge on any atom is 0.275 e. The largest absolute Gasteiger partial charge is 0.354 e. The molecule has 0 aliphatic heterocycles. The SMILES string of the molecule is CCCNC(=O)[C@@H](C)NC(=O)C[NH+](C)Cc1ccc(Br)cc1. The van der Waals surface area contributed by atoms with E-state index in [0.29, 0.717) is 13.1 Å². The van der Waals surface area contributed by atoms with E-state index in [1.54, 1.807) is 6.92 Å². The Morgan fingerprint density at radius 2 is 1.91 bits per heavy atom. The molecule has 1 unspecified atom stereocenters. The molecule has 0 saturated carbocycles. The van der Waals surface area contributed by atoms with Crippen LogP contribution in [0.4, 0.5) is 0 Å². The third-order valence-electron chi connectivity index (χ3n) is 3.20. The summed E-state index contributed by atoms with van der Waals surface area (Å²) in [5.41, 5.74) is 1.17. The Bertz CT molecular complexity index is 491. The van der Waals surface area contributed by atoms with Gasteiger partial charge in [-0.15, -0.1) is 0 Å². The molecular formula is C16H25BrN3O2+. The van der Waals surface area contributed by atoms with Gasteiger partial charge in [0.2, 0.25) is 5.91 Å². The summed E-state index contributed by atoms with van der Waals surface area (Å²) in [5.74, 6) is -0.255. The lowest BCUT2D eigenvalue weighted by Crippen LogP contribution is -3.09. The third kappa shape index (κ3) is 7.04. The lowest BCUT2D eigenvalue weighted by Gasteiger charge is -2.17. The van der Waals surface area contributed by atoms with Gasteiger partial charge in [0.15, 0.2) is 6.54 Å². The second-order valence-corrected chi connectivity index (χ2v) is 6.43. The molecule has 0 radical (unpaired) electrons. The summed E-state index contributed by atoms with van der Waals surface area (Å²) in [7, 11) is 1.96. The van der Waals surface area contributed by atoms with Crippen LogP contribution < -0.4 is 15.5 Å². The van der Waals surface area contributed by atoms with Gasteiger partial charge < -0.3 is 15.5 Å². The highest BCUT2D eigenvalue weighted by molar-refractivity contribution is 9.10. The fourth-order valence-corrected chi connectivity index (χ4v) is 2.31. The van der Waals surface area contributed by atoms with E-state index >= 15 is 0 Å². The highest BCUT2D eigenvalue weighted by Crippen LogP contribution is 2.09. The Balaban J connectivity index is 2.37. The zero-order chi connectivity index (χ0) is 16.5. The van der Waals surface area contributed by atoms with E-state index in [0.717, 1.165) is 22.3 Å². The molecule has 6 heteroatoms. The predicted molar refractivity (Wildman–Crippen MR) is 90.5 cm³/mol. The maximum absolute atomic E-state index is 12.0. The molecule has 2 atom stereocenters. The minimum atomic E-state index is -0.500. The van der Waals surface area contributed by atoms with Crippen LogP contribution in [0.15, 0.2) is 28.7 Å². The van der Waals surface area contributed by atoms with Gasteiger partial charge in [-0.05, 0) is 25.5 Å². The number of quaternary nitrogens is 1. The van der Waals surface area contributed by atoms with E-state index in [1.165, 1.54) is 5.56 Å². The Morgan fingerprint density at radius 3 is 2.50 bits per heavy atom. The van der Waals surface area contributed by atoms with Crippen LogP contribution in [0.5, 0.6) is 0 Å². The number of carbonyl (C=O) groups is 2. The Hall–Kier alpha value is -1.40. The normalized spacial score (nSPS) is 13.3. The fraction of sp³-hybridized carbons (Fsp3) is 0.500. The first kappa shape index (κ1) is 18.6. The second kappa shape index (κ2) is 9.58. The summed E-state index contributed by atoms with van der Waals surface area (Å²) in [5, 5.41) is 5.51. The molecule has 0 fully saturated rings. The zero-order valence-corrected chi connectivity index (χ0v) is 15.0. The van der Waals surface area contributed by atoms with Crippen LogP contribution in [0.1, 0.15) is 25.8 Å². The van der Waals surface area contributed by atoms with Crippen molar-refractivity contribution in [2.75, 3.05) is 20.1 Å². The Morgan fingerprint density at radius 1 is 1.27 bits per heavy atom. The molecule has 1 aromatic rings. The van der Waals surface area contributed by atoms with E-state index in [2.05, 4.69) is 26.6 Å². The monoisotopic (exact) mass is 370 g/mol. The van der Waals surface area contributed by atoms with Crippen molar-refractivity contribution in [1.82, 2.24) is 10.6 Å². The molecule has 0 saturated heterocycles. The predicted octanol–water partition coefficient (Wildman–Crippen LogP) is 0.495. The van der Waals surface area contributed by atoms with Gasteiger partial charge in [-0.1, -0.05) is 35.0 Å². The van der Waals surface area contributed by atoms with Gasteiger partial charge in [-0.3, -0.25) is 9.59 Å². The smallest absolute Gasteiger partial charge is 0.275 e. The molecular weight excluding hydrogens is 346 g/mol. The highest BCUT2D eigenvalue weighted by Gasteiger charge is 2.17. The molecule has 0 bridgehead atoms. The molecule has 0 aliphatic carbocycles. The third-order valence-corrected chi connectivity index (χ3v) is 3.73. The van der Waals surface area contributed by atoms with Crippen LogP contribution in [-0.4, -0.2) is 38.0 Å². The molecule has 3 N–H and O–H groups in total. The van der Waals surface area contributed by atoms with Crippen molar-refractivity contribution in [3.63, 3.8) is 0 Å². The highest BCUT2D eigenvalue weighted by atomic mass is 79.9. The summed E-state index contributed by atoms with van der Waals surface area (Å²) >= 11 is 3.40. The lowest BCUT2D eigenvalue weighted by atomic mass is 10.2. The molecule has 1 aromatic carbocycles. The topological polar surface area (TPSA) is 62.6 Å². The first-order valence-electron chi connectivity index (χ1n) is 7.55. The molecule has 0 heterocycles. The average Bonchev–Trinajstić information content (AvgIpc) is 2.46. The van der Waals surface area contributed by atoms with Crippen LogP contribution in [-0.2, 0) is 16.1 Å². The van der Waals surface area contributed by atoms with E-state index in [-0.39, 0.29) is 11.8 Å². The summed E-state index contributed by atoms with van der Waals surface area (Å²) in [6, 6.07) is 7.55. The minimum Gasteiger partial charge on any atom is -0.354 e. The van der Waals surface area contributed by atoms with Crippen LogP contribution >= 0.6 is 15.9 Å². The molecule has 0 aliphatic rings. The van der Waals surface area contributed by atoms with Gasteiger partial charge in [-0.25, -0.2) is 0 Å². The van der Waals surface area contributed by atoms with Gasteiger partial charge >= 0.3 is 0 Å². The average molecular weight is 371 g/mol. The molecule has 0 aromatic heterocycles. The van der Waals surface area contributed by atoms with E-state index in [1.807, 2.05) is 38.2 Å². The maximum atomic E-state index is 12.0. The molecule has 122 valence electrons. The number of amides is 2. The van der Waals surface area contributed by atoms with Gasteiger partial charge in [-0.2, -0.15) is 0 Å². The minimum absolute atomic E-state index is 0.117. The van der Waals surface area contributed by atoms with E-state index in [4.69, 9.17) is 0 Å². The van der Waals surface area contributed by atoms with Gasteiger partial charge in [0.05, 0.1) is 7.05 Å². The Labute approximate surface area is 140 Å². The molecule has 22 heavy (non-hydrogen) atoms. The van der Waals surface area contributed by atoms with Crippen molar-refractivity contribution in [2.45, 2.75) is 32.9 Å². The molecule has 0 spiro atoms. The summed E-state index contributed by atoms with van der Waals surface area (Å²) in [6.07, 6.45) is 0.881. The summed E-state index contributed by atoms with van der Waals surface area (Å²) in [6.45, 7) is 5.42. The van der Waals surface area contributed by atoms with Crippen molar-refractivity contribution in [3.8, 4) is 0 Å². The van der Waals surface area contributed by atoms with Crippen molar-refractivity contribution in [2.24, 2.45) is 0 Å². The van der Waals surface area contributed by atoms with Crippen LogP contribution in [0.2, 0.25) is 0 Å². The second-order valence-electron chi connectivity index (χ2n) is 5.52. The van der Waals surface area contributed by atoms with Crippen molar-refractivity contribution >= 4 is 27.7 Å². The first-order valence-corrected chi connectivity index (χ1v) is 8.34. The number of nitrogens with one attached hydrogen (secondary N) is 3. The lowest BCUT2D eigenvalue weighted by molar-refractivity contribution is -0.885. The Kier molecular flexibility index (Phi) is 8.12. The summed E-state index contributed by atoms with van der Waals surface area (Å²) < 4.78 is 1.04. The van der Waals surface area contributed by atoms with E-state index in [9.17, 15) is 9.59 Å². The van der Waals surface area contributed by atoms with Crippen LogP contribution in [0, 0.1) is 0 Å². The molecule has 1 rings (SSSR count). The number of benzene rings is 1. The quantitative estimate of drug-likeness (QED) is 0.623. The van der Waals surface area contributed by atoms with Crippen molar-refractivity contribution in [1.29, 1.82) is 0 Å². The number of carbonyl (C=O) groups excluding carboxylic acids is 2. The fourth-order valence-electron chi connectivity index (χ4n) is 2.05. The van der Waals surface area contributed by atoms with Gasteiger partial charge in [0, 0.05) is 16.6 Å². The summed E-state index contributed by atoms with van der Waals surface area (Å²) in [4.78, 5) is 24.7. The number of hydrogen-bond donors (Lipinski definition) is 3. The molecule has 2 amide bonds. The van der Waals surface area contributed by atoms with E-state index < -0.39 is 6.04 Å². The number of halogens is 1. The number of likely N-dealkylation sites (N-methyl/N-ethyl adjacent to an activating group) is 1. The van der Waals surface area contributed by atoms with Gasteiger partial charge in [0.1, 0.15) is 12.6 Å². The standard InChI is InChI=1S/C16H24BrN3O2/c1-4-9-18-16(22)12(2)19-15(21)11-20(3)10-13-5-7-14(17)8-6-13/h5-8,12H,4,9-11H2,1-3H3,(H,18,22)(H,19,21)/p+1/t12-/m1/s1. The van der Waals surface area contributed by atoms with Crippen molar-refractivity contribution in [3.05, 3.63) is 34.3 Å². The van der Waals surface area contributed by atoms with Gasteiger partial charge in [0.25, 0.3) is 5.91 Å². The number of hydrogen-bond acceptors (Lipinski definition) is 2. The van der Waals surface area contributed by atoms with Crippen molar-refractivity contribution < 1.29 is 14.5 Å². The van der Waals surface area contributed by atoms with Crippen LogP contribution in [0.25, 0.3) is 0 Å². The molecule has 5 nitrogen and oxygen atoms in total. The zero-order valence-electron chi connectivity index (χ0n) is 13.4. The first-order chi connectivity index (χ1) is 10.4. The number of rotatable bonds is 8. The van der Waals surface area contributed by atoms with Crippen LogP contribution in [0.3, 0.4) is 0 Å².